The van der Waals surface area contributed by atoms with Gasteiger partial charge < -0.3 is 18.9 Å². The van der Waals surface area contributed by atoms with E-state index in [9.17, 15) is 13.2 Å². The molecule has 1 N–H and O–H groups in total. The van der Waals surface area contributed by atoms with Gasteiger partial charge >= 0.3 is 0 Å². The second-order valence-electron chi connectivity index (χ2n) is 9.07. The van der Waals surface area contributed by atoms with E-state index in [1.807, 2.05) is 37.3 Å². The molecule has 224 valence electrons. The van der Waals surface area contributed by atoms with Crippen molar-refractivity contribution in [3.8, 4) is 23.0 Å². The smallest absolute Gasteiger partial charge is 0.264 e. The molecule has 0 bridgehead atoms. The standard InChI is InChI=1S/C32H33N3O7S/c1-4-41-31-19-25(15-17-30(31)42-23-24-11-7-5-8-12-24)21-33-34-32(36)22-35(43(37,38)27-13-9-6-10-14-27)28-20-26(39-2)16-18-29(28)40-3/h5-21H,4,22-23H2,1-3H3,(H,34,36)/b33-21-. The van der Waals surface area contributed by atoms with Crippen LogP contribution in [0, 0.1) is 0 Å². The molecule has 0 spiro atoms. The van der Waals surface area contributed by atoms with Crippen molar-refractivity contribution in [3.05, 3.63) is 108 Å². The Hall–Kier alpha value is -5.03. The molecule has 0 saturated carbocycles. The van der Waals surface area contributed by atoms with Gasteiger partial charge in [0.1, 0.15) is 24.7 Å². The third kappa shape index (κ3) is 8.04. The summed E-state index contributed by atoms with van der Waals surface area (Å²) in [5, 5.41) is 4.05. The van der Waals surface area contributed by atoms with Crippen LogP contribution in [0.4, 0.5) is 5.69 Å². The zero-order chi connectivity index (χ0) is 30.7. The number of rotatable bonds is 14. The fourth-order valence-electron chi connectivity index (χ4n) is 4.08. The molecule has 4 aromatic rings. The molecule has 0 fully saturated rings. The lowest BCUT2D eigenvalue weighted by Crippen LogP contribution is -2.39. The van der Waals surface area contributed by atoms with E-state index in [1.54, 1.807) is 48.5 Å². The fourth-order valence-corrected chi connectivity index (χ4v) is 5.53. The molecule has 10 nitrogen and oxygen atoms in total. The van der Waals surface area contributed by atoms with Gasteiger partial charge in [-0.1, -0.05) is 48.5 Å². The third-order valence-corrected chi connectivity index (χ3v) is 7.95. The zero-order valence-electron chi connectivity index (χ0n) is 24.1. The van der Waals surface area contributed by atoms with Crippen molar-refractivity contribution in [1.82, 2.24) is 5.43 Å². The number of benzene rings is 4. The maximum absolute atomic E-state index is 13.7. The van der Waals surface area contributed by atoms with Crippen molar-refractivity contribution in [3.63, 3.8) is 0 Å². The van der Waals surface area contributed by atoms with Crippen molar-refractivity contribution < 1.29 is 32.2 Å². The highest BCUT2D eigenvalue weighted by molar-refractivity contribution is 7.92. The molecule has 0 aliphatic rings. The second-order valence-corrected chi connectivity index (χ2v) is 10.9. The number of methoxy groups -OCH3 is 2. The molecule has 0 radical (unpaired) electrons. The molecule has 43 heavy (non-hydrogen) atoms. The molecule has 0 atom stereocenters. The summed E-state index contributed by atoms with van der Waals surface area (Å²) in [6.45, 7) is 2.10. The minimum Gasteiger partial charge on any atom is -0.497 e. The van der Waals surface area contributed by atoms with Crippen LogP contribution >= 0.6 is 0 Å². The van der Waals surface area contributed by atoms with E-state index in [1.165, 1.54) is 38.6 Å². The number of anilines is 1. The van der Waals surface area contributed by atoms with Crippen LogP contribution in [0.3, 0.4) is 0 Å². The summed E-state index contributed by atoms with van der Waals surface area (Å²) >= 11 is 0. The predicted molar refractivity (Wildman–Crippen MR) is 165 cm³/mol. The van der Waals surface area contributed by atoms with Gasteiger partial charge in [-0.25, -0.2) is 13.8 Å². The Bertz CT molecular complexity index is 1650. The number of carbonyl (C=O) groups is 1. The number of sulfonamides is 1. The molecule has 0 aliphatic heterocycles. The van der Waals surface area contributed by atoms with Crippen LogP contribution in [0.1, 0.15) is 18.1 Å². The minimum absolute atomic E-state index is 0.00852. The number of carbonyl (C=O) groups excluding carboxylic acids is 1. The Morgan fingerprint density at radius 2 is 1.53 bits per heavy atom. The lowest BCUT2D eigenvalue weighted by atomic mass is 10.2. The molecular formula is C32H33N3O7S. The average molecular weight is 604 g/mol. The van der Waals surface area contributed by atoms with Gasteiger partial charge in [0.15, 0.2) is 11.5 Å². The molecule has 0 aromatic heterocycles. The number of hydrogen-bond donors (Lipinski definition) is 1. The summed E-state index contributed by atoms with van der Waals surface area (Å²) in [7, 11) is -1.30. The first-order chi connectivity index (χ1) is 20.8. The first-order valence-electron chi connectivity index (χ1n) is 13.4. The van der Waals surface area contributed by atoms with Crippen molar-refractivity contribution in [2.75, 3.05) is 31.7 Å². The van der Waals surface area contributed by atoms with Crippen LogP contribution in [0.2, 0.25) is 0 Å². The maximum Gasteiger partial charge on any atom is 0.264 e. The number of amides is 1. The summed E-state index contributed by atoms with van der Waals surface area (Å²) < 4.78 is 50.7. The normalized spacial score (nSPS) is 11.1. The van der Waals surface area contributed by atoms with Crippen LogP contribution in [-0.2, 0) is 21.4 Å². The zero-order valence-corrected chi connectivity index (χ0v) is 24.9. The first-order valence-corrected chi connectivity index (χ1v) is 14.8. The number of ether oxygens (including phenoxy) is 4. The van der Waals surface area contributed by atoms with Crippen LogP contribution < -0.4 is 28.7 Å². The van der Waals surface area contributed by atoms with Gasteiger partial charge in [-0.15, -0.1) is 0 Å². The van der Waals surface area contributed by atoms with E-state index in [4.69, 9.17) is 18.9 Å². The summed E-state index contributed by atoms with van der Waals surface area (Å²) in [5.41, 5.74) is 4.21. The van der Waals surface area contributed by atoms with E-state index in [0.29, 0.717) is 36.0 Å². The Balaban J connectivity index is 1.52. The van der Waals surface area contributed by atoms with Crippen LogP contribution in [0.15, 0.2) is 107 Å². The fraction of sp³-hybridized carbons (Fsp3) is 0.188. The predicted octanol–water partition coefficient (Wildman–Crippen LogP) is 5.03. The Morgan fingerprint density at radius 1 is 0.837 bits per heavy atom. The molecule has 0 aliphatic carbocycles. The quantitative estimate of drug-likeness (QED) is 0.159. The van der Waals surface area contributed by atoms with E-state index < -0.39 is 22.5 Å². The van der Waals surface area contributed by atoms with Crippen molar-refractivity contribution >= 4 is 27.8 Å². The van der Waals surface area contributed by atoms with Crippen molar-refractivity contribution in [1.29, 1.82) is 0 Å². The Kier molecular flexibility index (Phi) is 10.6. The summed E-state index contributed by atoms with van der Waals surface area (Å²) in [6.07, 6.45) is 1.43. The average Bonchev–Trinajstić information content (AvgIpc) is 3.04. The maximum atomic E-state index is 13.7. The second kappa shape index (κ2) is 14.7. The van der Waals surface area contributed by atoms with Gasteiger partial charge in [-0.05, 0) is 60.5 Å². The molecule has 0 saturated heterocycles. The lowest BCUT2D eigenvalue weighted by molar-refractivity contribution is -0.119. The van der Waals surface area contributed by atoms with Gasteiger partial charge in [0, 0.05) is 6.07 Å². The van der Waals surface area contributed by atoms with Crippen LogP contribution in [0.25, 0.3) is 0 Å². The summed E-state index contributed by atoms with van der Waals surface area (Å²) in [5.74, 6) is 1.06. The van der Waals surface area contributed by atoms with Crippen LogP contribution in [-0.4, -0.2) is 47.9 Å². The molecule has 11 heteroatoms. The topological polar surface area (TPSA) is 116 Å². The molecule has 4 aromatic carbocycles. The highest BCUT2D eigenvalue weighted by atomic mass is 32.2. The largest absolute Gasteiger partial charge is 0.497 e. The van der Waals surface area contributed by atoms with Gasteiger partial charge in [0.25, 0.3) is 15.9 Å². The lowest BCUT2D eigenvalue weighted by Gasteiger charge is -2.25. The van der Waals surface area contributed by atoms with Gasteiger partial charge in [0.05, 0.1) is 37.6 Å². The monoisotopic (exact) mass is 603 g/mol. The van der Waals surface area contributed by atoms with Gasteiger partial charge in [-0.2, -0.15) is 5.10 Å². The number of nitrogens with zero attached hydrogens (tertiary/aromatic N) is 2. The molecule has 0 unspecified atom stereocenters. The Morgan fingerprint density at radius 3 is 2.21 bits per heavy atom. The highest BCUT2D eigenvalue weighted by Gasteiger charge is 2.30. The van der Waals surface area contributed by atoms with E-state index in [-0.39, 0.29) is 16.3 Å². The van der Waals surface area contributed by atoms with Crippen molar-refractivity contribution in [2.24, 2.45) is 5.10 Å². The number of hydrogen-bond acceptors (Lipinski definition) is 8. The molecule has 0 heterocycles. The van der Waals surface area contributed by atoms with Crippen LogP contribution in [0.5, 0.6) is 23.0 Å². The Labute approximate surface area is 251 Å². The first kappa shape index (κ1) is 30.9. The highest BCUT2D eigenvalue weighted by Crippen LogP contribution is 2.35. The number of nitrogens with one attached hydrogen (secondary N) is 1. The SMILES string of the molecule is CCOc1cc(/C=N\NC(=O)CN(c2cc(OC)ccc2OC)S(=O)(=O)c2ccccc2)ccc1OCc1ccccc1. The summed E-state index contributed by atoms with van der Waals surface area (Å²) in [6, 6.07) is 27.6. The van der Waals surface area contributed by atoms with Gasteiger partial charge in [-0.3, -0.25) is 9.10 Å². The van der Waals surface area contributed by atoms with Gasteiger partial charge in [0.2, 0.25) is 0 Å². The molecule has 1 amide bonds. The van der Waals surface area contributed by atoms with E-state index in [0.717, 1.165) is 9.87 Å². The summed E-state index contributed by atoms with van der Waals surface area (Å²) in [4.78, 5) is 13.1. The van der Waals surface area contributed by atoms with Crippen molar-refractivity contribution in [2.45, 2.75) is 18.4 Å². The minimum atomic E-state index is -4.17. The number of hydrazone groups is 1. The van der Waals surface area contributed by atoms with E-state index >= 15 is 0 Å². The third-order valence-electron chi connectivity index (χ3n) is 6.18. The molecular weight excluding hydrogens is 570 g/mol. The van der Waals surface area contributed by atoms with E-state index in [2.05, 4.69) is 10.5 Å². The molecule has 4 rings (SSSR count).